The maximum Gasteiger partial charge on any atom is 0.248 e. The van der Waals surface area contributed by atoms with Crippen LogP contribution in [-0.2, 0) is 4.79 Å². The number of nitrogens with zero attached hydrogens (tertiary/aromatic N) is 1. The van der Waals surface area contributed by atoms with E-state index in [9.17, 15) is 9.59 Å². The van der Waals surface area contributed by atoms with E-state index in [2.05, 4.69) is 12.2 Å². The first-order valence-corrected chi connectivity index (χ1v) is 6.86. The van der Waals surface area contributed by atoms with E-state index < -0.39 is 5.91 Å². The van der Waals surface area contributed by atoms with Gasteiger partial charge in [0.2, 0.25) is 11.8 Å². The molecule has 20 heavy (non-hydrogen) atoms. The molecule has 0 aromatic heterocycles. The van der Waals surface area contributed by atoms with Crippen molar-refractivity contribution in [3.8, 4) is 0 Å². The van der Waals surface area contributed by atoms with E-state index in [0.717, 1.165) is 19.4 Å². The summed E-state index contributed by atoms with van der Waals surface area (Å²) >= 11 is 0. The maximum atomic E-state index is 12.1. The monoisotopic (exact) mass is 277 g/mol. The summed E-state index contributed by atoms with van der Waals surface area (Å²) in [6, 6.07) is 6.36. The molecule has 0 heterocycles. The van der Waals surface area contributed by atoms with Gasteiger partial charge in [0, 0.05) is 11.3 Å². The Kier molecular flexibility index (Phi) is 6.18. The molecule has 3 N–H and O–H groups in total. The molecule has 0 radical (unpaired) electrons. The van der Waals surface area contributed by atoms with Crippen LogP contribution in [0.1, 0.15) is 37.0 Å². The summed E-state index contributed by atoms with van der Waals surface area (Å²) in [5, 5.41) is 2.83. The first-order chi connectivity index (χ1) is 9.45. The van der Waals surface area contributed by atoms with Gasteiger partial charge in [0.1, 0.15) is 0 Å². The summed E-state index contributed by atoms with van der Waals surface area (Å²) in [4.78, 5) is 25.1. The van der Waals surface area contributed by atoms with Crippen LogP contribution in [-0.4, -0.2) is 36.3 Å². The van der Waals surface area contributed by atoms with E-state index in [1.807, 2.05) is 18.9 Å². The summed E-state index contributed by atoms with van der Waals surface area (Å²) < 4.78 is 0. The van der Waals surface area contributed by atoms with Crippen molar-refractivity contribution in [2.75, 3.05) is 18.9 Å². The zero-order valence-electron chi connectivity index (χ0n) is 12.3. The minimum atomic E-state index is -0.476. The largest absolute Gasteiger partial charge is 0.366 e. The van der Waals surface area contributed by atoms with Crippen molar-refractivity contribution >= 4 is 17.5 Å². The molecule has 0 saturated heterocycles. The van der Waals surface area contributed by atoms with Crippen molar-refractivity contribution in [3.63, 3.8) is 0 Å². The molecule has 0 aliphatic heterocycles. The number of carbonyl (C=O) groups is 2. The van der Waals surface area contributed by atoms with Gasteiger partial charge in [0.05, 0.1) is 6.04 Å². The SMILES string of the molecule is CCCCN(C)C(C)C(=O)Nc1ccc(C(N)=O)cc1. The van der Waals surface area contributed by atoms with E-state index >= 15 is 0 Å². The second kappa shape index (κ2) is 7.65. The molecule has 0 fully saturated rings. The highest BCUT2D eigenvalue weighted by Gasteiger charge is 2.17. The highest BCUT2D eigenvalue weighted by atomic mass is 16.2. The minimum absolute atomic E-state index is 0.0598. The van der Waals surface area contributed by atoms with Gasteiger partial charge in [-0.15, -0.1) is 0 Å². The third-order valence-corrected chi connectivity index (χ3v) is 3.34. The van der Waals surface area contributed by atoms with Crippen molar-refractivity contribution in [1.82, 2.24) is 4.90 Å². The summed E-state index contributed by atoms with van der Waals surface area (Å²) in [5.41, 5.74) is 6.26. The normalized spacial score (nSPS) is 12.2. The van der Waals surface area contributed by atoms with Crippen LogP contribution in [0.3, 0.4) is 0 Å². The Labute approximate surface area is 120 Å². The number of unbranched alkanes of at least 4 members (excludes halogenated alkanes) is 1. The number of likely N-dealkylation sites (N-methyl/N-ethyl adjacent to an activating group) is 1. The van der Waals surface area contributed by atoms with E-state index in [-0.39, 0.29) is 11.9 Å². The molecule has 0 bridgehead atoms. The summed E-state index contributed by atoms with van der Waals surface area (Å²) in [6.07, 6.45) is 2.18. The third-order valence-electron chi connectivity index (χ3n) is 3.34. The van der Waals surface area contributed by atoms with Gasteiger partial charge in [0.15, 0.2) is 0 Å². The van der Waals surface area contributed by atoms with Gasteiger partial charge in [-0.25, -0.2) is 0 Å². The molecule has 110 valence electrons. The molecule has 1 aromatic rings. The topological polar surface area (TPSA) is 75.4 Å². The molecule has 5 nitrogen and oxygen atoms in total. The van der Waals surface area contributed by atoms with Crippen LogP contribution < -0.4 is 11.1 Å². The van der Waals surface area contributed by atoms with Gasteiger partial charge in [-0.2, -0.15) is 0 Å². The smallest absolute Gasteiger partial charge is 0.248 e. The molecular weight excluding hydrogens is 254 g/mol. The molecule has 2 amide bonds. The zero-order valence-corrected chi connectivity index (χ0v) is 12.3. The fourth-order valence-electron chi connectivity index (χ4n) is 1.77. The van der Waals surface area contributed by atoms with Crippen LogP contribution in [0.25, 0.3) is 0 Å². The average molecular weight is 277 g/mol. The number of carbonyl (C=O) groups excluding carboxylic acids is 2. The second-order valence-corrected chi connectivity index (χ2v) is 4.94. The van der Waals surface area contributed by atoms with Crippen LogP contribution in [0.15, 0.2) is 24.3 Å². The van der Waals surface area contributed by atoms with Crippen LogP contribution in [0.2, 0.25) is 0 Å². The van der Waals surface area contributed by atoms with Gasteiger partial charge in [-0.1, -0.05) is 13.3 Å². The Morgan fingerprint density at radius 2 is 1.90 bits per heavy atom. The summed E-state index contributed by atoms with van der Waals surface area (Å²) in [5.74, 6) is -0.536. The summed E-state index contributed by atoms with van der Waals surface area (Å²) in [7, 11) is 1.94. The molecular formula is C15H23N3O2. The summed E-state index contributed by atoms with van der Waals surface area (Å²) in [6.45, 7) is 4.90. The number of benzene rings is 1. The molecule has 1 aromatic carbocycles. The van der Waals surface area contributed by atoms with E-state index in [4.69, 9.17) is 5.73 Å². The van der Waals surface area contributed by atoms with Crippen molar-refractivity contribution in [2.24, 2.45) is 5.73 Å². The Hall–Kier alpha value is -1.88. The lowest BCUT2D eigenvalue weighted by Gasteiger charge is -2.23. The first-order valence-electron chi connectivity index (χ1n) is 6.86. The highest BCUT2D eigenvalue weighted by molar-refractivity contribution is 5.96. The number of hydrogen-bond donors (Lipinski definition) is 2. The molecule has 0 aliphatic carbocycles. The van der Waals surface area contributed by atoms with Gasteiger partial charge in [-0.05, 0) is 51.2 Å². The van der Waals surface area contributed by atoms with Crippen LogP contribution in [0.5, 0.6) is 0 Å². The van der Waals surface area contributed by atoms with Crippen molar-refractivity contribution in [1.29, 1.82) is 0 Å². The Morgan fingerprint density at radius 1 is 1.30 bits per heavy atom. The predicted molar refractivity (Wildman–Crippen MR) is 80.6 cm³/mol. The lowest BCUT2D eigenvalue weighted by molar-refractivity contribution is -0.120. The number of hydrogen-bond acceptors (Lipinski definition) is 3. The number of anilines is 1. The molecule has 5 heteroatoms. The quantitative estimate of drug-likeness (QED) is 0.798. The van der Waals surface area contributed by atoms with Crippen molar-refractivity contribution in [2.45, 2.75) is 32.7 Å². The maximum absolute atomic E-state index is 12.1. The van der Waals surface area contributed by atoms with Crippen LogP contribution in [0, 0.1) is 0 Å². The van der Waals surface area contributed by atoms with E-state index in [1.165, 1.54) is 0 Å². The predicted octanol–water partition coefficient (Wildman–Crippen LogP) is 1.84. The Morgan fingerprint density at radius 3 is 2.40 bits per heavy atom. The minimum Gasteiger partial charge on any atom is -0.366 e. The third kappa shape index (κ3) is 4.66. The lowest BCUT2D eigenvalue weighted by atomic mass is 10.2. The number of amides is 2. The molecule has 0 spiro atoms. The van der Waals surface area contributed by atoms with Gasteiger partial charge in [0.25, 0.3) is 0 Å². The van der Waals surface area contributed by atoms with Gasteiger partial charge in [-0.3, -0.25) is 14.5 Å². The first kappa shape index (κ1) is 16.2. The Balaban J connectivity index is 2.58. The number of nitrogens with two attached hydrogens (primary N) is 1. The number of primary amides is 1. The molecule has 0 saturated carbocycles. The van der Waals surface area contributed by atoms with Crippen LogP contribution >= 0.6 is 0 Å². The average Bonchev–Trinajstić information content (AvgIpc) is 2.44. The molecule has 0 aliphatic rings. The van der Waals surface area contributed by atoms with Gasteiger partial charge < -0.3 is 11.1 Å². The molecule has 1 atom stereocenters. The van der Waals surface area contributed by atoms with E-state index in [0.29, 0.717) is 11.3 Å². The zero-order chi connectivity index (χ0) is 15.1. The molecule has 1 rings (SSSR count). The number of nitrogens with one attached hydrogen (secondary N) is 1. The standard InChI is InChI=1S/C15H23N3O2/c1-4-5-10-18(3)11(2)15(20)17-13-8-6-12(7-9-13)14(16)19/h6-9,11H,4-5,10H2,1-3H3,(H2,16,19)(H,17,20). The lowest BCUT2D eigenvalue weighted by Crippen LogP contribution is -2.40. The van der Waals surface area contributed by atoms with Gasteiger partial charge >= 0.3 is 0 Å². The fourth-order valence-corrected chi connectivity index (χ4v) is 1.77. The second-order valence-electron chi connectivity index (χ2n) is 4.94. The highest BCUT2D eigenvalue weighted by Crippen LogP contribution is 2.10. The van der Waals surface area contributed by atoms with Crippen molar-refractivity contribution < 1.29 is 9.59 Å². The Bertz CT molecular complexity index is 457. The fraction of sp³-hybridized carbons (Fsp3) is 0.467. The van der Waals surface area contributed by atoms with Crippen LogP contribution in [0.4, 0.5) is 5.69 Å². The van der Waals surface area contributed by atoms with Crippen molar-refractivity contribution in [3.05, 3.63) is 29.8 Å². The molecule has 1 unspecified atom stereocenters. The number of rotatable bonds is 7. The van der Waals surface area contributed by atoms with E-state index in [1.54, 1.807) is 24.3 Å².